The largest absolute Gasteiger partial charge is 0.490 e. The molecule has 2 rings (SSSR count). The van der Waals surface area contributed by atoms with Crippen LogP contribution < -0.4 is 4.74 Å². The fraction of sp³-hybridized carbons (Fsp3) is 0.571. The minimum Gasteiger partial charge on any atom is -0.490 e. The summed E-state index contributed by atoms with van der Waals surface area (Å²) in [5, 5.41) is -0.00757. The molecule has 1 aliphatic heterocycles. The van der Waals surface area contributed by atoms with Crippen molar-refractivity contribution in [1.29, 1.82) is 0 Å². The smallest absolute Gasteiger partial charge is 0.133 e. The van der Waals surface area contributed by atoms with Crippen LogP contribution in [0.2, 0.25) is 0 Å². The first-order valence-corrected chi connectivity index (χ1v) is 7.58. The van der Waals surface area contributed by atoms with E-state index in [9.17, 15) is 0 Å². The van der Waals surface area contributed by atoms with E-state index < -0.39 is 0 Å². The molecule has 1 fully saturated rings. The molecule has 106 valence electrons. The van der Waals surface area contributed by atoms with Crippen molar-refractivity contribution in [3.63, 3.8) is 0 Å². The summed E-state index contributed by atoms with van der Waals surface area (Å²) >= 11 is 10.0. The summed E-state index contributed by atoms with van der Waals surface area (Å²) in [4.78, 5) is 0. The lowest BCUT2D eigenvalue weighted by Gasteiger charge is -2.17. The lowest BCUT2D eigenvalue weighted by atomic mass is 9.98. The van der Waals surface area contributed by atoms with E-state index in [1.807, 2.05) is 18.2 Å². The fourth-order valence-electron chi connectivity index (χ4n) is 2.10. The predicted molar refractivity (Wildman–Crippen MR) is 79.0 cm³/mol. The molecule has 0 saturated carbocycles. The Hall–Kier alpha value is -0.290. The Balaban J connectivity index is 2.00. The lowest BCUT2D eigenvalue weighted by molar-refractivity contribution is 0.146. The summed E-state index contributed by atoms with van der Waals surface area (Å²) in [6.45, 7) is 2.67. The molecule has 3 nitrogen and oxygen atoms in total. The van der Waals surface area contributed by atoms with Crippen molar-refractivity contribution in [2.75, 3.05) is 33.5 Å². The quantitative estimate of drug-likeness (QED) is 0.578. The molecule has 5 heteroatoms. The van der Waals surface area contributed by atoms with E-state index in [4.69, 9.17) is 25.8 Å². The molecule has 1 heterocycles. The van der Waals surface area contributed by atoms with Crippen LogP contribution in [0.3, 0.4) is 0 Å². The second-order valence-corrected chi connectivity index (χ2v) is 5.88. The molecule has 0 aromatic heterocycles. The molecule has 0 radical (unpaired) electrons. The SMILES string of the molecule is COCCOc1ccc(C(Cl)C2CCOC2)cc1Br. The van der Waals surface area contributed by atoms with E-state index in [1.54, 1.807) is 7.11 Å². The van der Waals surface area contributed by atoms with Gasteiger partial charge in [0.1, 0.15) is 12.4 Å². The molecular weight excluding hydrogens is 332 g/mol. The third-order valence-electron chi connectivity index (χ3n) is 3.20. The molecule has 1 aromatic rings. The molecule has 0 aliphatic carbocycles. The Morgan fingerprint density at radius 3 is 2.95 bits per heavy atom. The van der Waals surface area contributed by atoms with E-state index in [1.165, 1.54) is 0 Å². The van der Waals surface area contributed by atoms with Gasteiger partial charge >= 0.3 is 0 Å². The Bertz CT molecular complexity index is 408. The first-order chi connectivity index (χ1) is 9.22. The second kappa shape index (κ2) is 7.48. The van der Waals surface area contributed by atoms with Crippen LogP contribution in [0.4, 0.5) is 0 Å². The van der Waals surface area contributed by atoms with Crippen LogP contribution in [0, 0.1) is 5.92 Å². The van der Waals surface area contributed by atoms with Gasteiger partial charge < -0.3 is 14.2 Å². The molecule has 1 aliphatic rings. The highest BCUT2D eigenvalue weighted by Crippen LogP contribution is 2.37. The summed E-state index contributed by atoms with van der Waals surface area (Å²) in [6.07, 6.45) is 1.03. The Morgan fingerprint density at radius 1 is 1.47 bits per heavy atom. The van der Waals surface area contributed by atoms with E-state index in [-0.39, 0.29) is 5.38 Å². The number of rotatable bonds is 6. The van der Waals surface area contributed by atoms with Crippen LogP contribution in [0.1, 0.15) is 17.4 Å². The van der Waals surface area contributed by atoms with Crippen molar-refractivity contribution in [3.05, 3.63) is 28.2 Å². The van der Waals surface area contributed by atoms with Crippen molar-refractivity contribution >= 4 is 27.5 Å². The maximum absolute atomic E-state index is 6.50. The molecular formula is C14H18BrClO3. The Morgan fingerprint density at radius 2 is 2.32 bits per heavy atom. The number of benzene rings is 1. The van der Waals surface area contributed by atoms with Gasteiger partial charge in [-0.1, -0.05) is 6.07 Å². The number of halogens is 2. The van der Waals surface area contributed by atoms with Gasteiger partial charge in [-0.3, -0.25) is 0 Å². The number of alkyl halides is 1. The summed E-state index contributed by atoms with van der Waals surface area (Å²) in [6, 6.07) is 5.99. The van der Waals surface area contributed by atoms with Gasteiger partial charge in [0, 0.05) is 19.6 Å². The third-order valence-corrected chi connectivity index (χ3v) is 4.43. The van der Waals surface area contributed by atoms with Crippen LogP contribution in [0.15, 0.2) is 22.7 Å². The minimum atomic E-state index is -0.00757. The van der Waals surface area contributed by atoms with Crippen LogP contribution in [0.5, 0.6) is 5.75 Å². The fourth-order valence-corrected chi connectivity index (χ4v) is 2.94. The van der Waals surface area contributed by atoms with Gasteiger partial charge in [-0.25, -0.2) is 0 Å². The zero-order chi connectivity index (χ0) is 13.7. The molecule has 0 bridgehead atoms. The molecule has 1 aromatic carbocycles. The first-order valence-electron chi connectivity index (χ1n) is 6.35. The van der Waals surface area contributed by atoms with Gasteiger partial charge in [0.25, 0.3) is 0 Å². The zero-order valence-electron chi connectivity index (χ0n) is 10.9. The minimum absolute atomic E-state index is 0.00757. The van der Waals surface area contributed by atoms with E-state index in [0.29, 0.717) is 19.1 Å². The van der Waals surface area contributed by atoms with Gasteiger partial charge in [0.15, 0.2) is 0 Å². The number of ether oxygens (including phenoxy) is 3. The predicted octanol–water partition coefficient (Wildman–Crippen LogP) is 3.79. The van der Waals surface area contributed by atoms with Crippen molar-refractivity contribution in [2.24, 2.45) is 5.92 Å². The Kier molecular flexibility index (Phi) is 5.95. The zero-order valence-corrected chi connectivity index (χ0v) is 13.2. The monoisotopic (exact) mass is 348 g/mol. The molecule has 2 atom stereocenters. The summed E-state index contributed by atoms with van der Waals surface area (Å²) in [7, 11) is 1.66. The lowest BCUT2D eigenvalue weighted by Crippen LogP contribution is -2.08. The van der Waals surface area contributed by atoms with Gasteiger partial charge in [-0.05, 0) is 40.0 Å². The van der Waals surface area contributed by atoms with Crippen molar-refractivity contribution < 1.29 is 14.2 Å². The van der Waals surface area contributed by atoms with Gasteiger partial charge in [0.05, 0.1) is 23.1 Å². The molecule has 0 amide bonds. The van der Waals surface area contributed by atoms with E-state index in [0.717, 1.165) is 35.4 Å². The van der Waals surface area contributed by atoms with E-state index >= 15 is 0 Å². The first kappa shape index (κ1) is 15.1. The average Bonchev–Trinajstić information content (AvgIpc) is 2.94. The van der Waals surface area contributed by atoms with Crippen molar-refractivity contribution in [3.8, 4) is 5.75 Å². The van der Waals surface area contributed by atoms with Crippen LogP contribution in [-0.4, -0.2) is 33.5 Å². The summed E-state index contributed by atoms with van der Waals surface area (Å²) in [5.74, 6) is 1.21. The van der Waals surface area contributed by atoms with Gasteiger partial charge in [-0.2, -0.15) is 0 Å². The summed E-state index contributed by atoms with van der Waals surface area (Å²) < 4.78 is 16.9. The maximum Gasteiger partial charge on any atom is 0.133 e. The maximum atomic E-state index is 6.50. The number of hydrogen-bond acceptors (Lipinski definition) is 3. The number of methoxy groups -OCH3 is 1. The van der Waals surface area contributed by atoms with E-state index in [2.05, 4.69) is 15.9 Å². The molecule has 0 spiro atoms. The highest BCUT2D eigenvalue weighted by molar-refractivity contribution is 9.10. The summed E-state index contributed by atoms with van der Waals surface area (Å²) in [5.41, 5.74) is 1.10. The van der Waals surface area contributed by atoms with Gasteiger partial charge in [-0.15, -0.1) is 11.6 Å². The van der Waals surface area contributed by atoms with Crippen molar-refractivity contribution in [1.82, 2.24) is 0 Å². The van der Waals surface area contributed by atoms with Gasteiger partial charge in [0.2, 0.25) is 0 Å². The topological polar surface area (TPSA) is 27.7 Å². The van der Waals surface area contributed by atoms with Crippen molar-refractivity contribution in [2.45, 2.75) is 11.8 Å². The third kappa shape index (κ3) is 4.09. The number of hydrogen-bond donors (Lipinski definition) is 0. The van der Waals surface area contributed by atoms with Crippen LogP contribution in [-0.2, 0) is 9.47 Å². The molecule has 2 unspecified atom stereocenters. The van der Waals surface area contributed by atoms with Crippen LogP contribution in [0.25, 0.3) is 0 Å². The molecule has 0 N–H and O–H groups in total. The molecule has 1 saturated heterocycles. The molecule has 19 heavy (non-hydrogen) atoms. The highest BCUT2D eigenvalue weighted by Gasteiger charge is 2.25. The Labute approximate surface area is 127 Å². The average molecular weight is 350 g/mol. The normalized spacial score (nSPS) is 20.5. The van der Waals surface area contributed by atoms with Crippen LogP contribution >= 0.6 is 27.5 Å². The highest BCUT2D eigenvalue weighted by atomic mass is 79.9. The standard InChI is InChI=1S/C14H18BrClO3/c1-17-6-7-19-13-3-2-10(8-12(13)15)14(16)11-4-5-18-9-11/h2-3,8,11,14H,4-7,9H2,1H3. The second-order valence-electron chi connectivity index (χ2n) is 4.56.